The van der Waals surface area contributed by atoms with Crippen molar-refractivity contribution in [2.24, 2.45) is 5.92 Å². The molecule has 0 unspecified atom stereocenters. The molecular formula is C12H17BrN4S. The highest BCUT2D eigenvalue weighted by atomic mass is 79.9. The van der Waals surface area contributed by atoms with Crippen LogP contribution in [0.2, 0.25) is 0 Å². The molecule has 0 bridgehead atoms. The van der Waals surface area contributed by atoms with Gasteiger partial charge in [-0.25, -0.2) is 9.67 Å². The summed E-state index contributed by atoms with van der Waals surface area (Å²) >= 11 is 5.21. The maximum Gasteiger partial charge on any atom is 0.140 e. The van der Waals surface area contributed by atoms with Crippen molar-refractivity contribution >= 4 is 27.3 Å². The monoisotopic (exact) mass is 328 g/mol. The van der Waals surface area contributed by atoms with Gasteiger partial charge >= 0.3 is 0 Å². The van der Waals surface area contributed by atoms with Crippen molar-refractivity contribution in [3.8, 4) is 0 Å². The Balaban J connectivity index is 1.84. The average Bonchev–Trinajstić information content (AvgIpc) is 2.88. The number of nitrogens with one attached hydrogen (secondary N) is 1. The molecule has 0 radical (unpaired) electrons. The second-order valence-electron chi connectivity index (χ2n) is 4.59. The minimum absolute atomic E-state index is 0.582. The van der Waals surface area contributed by atoms with Crippen molar-refractivity contribution in [1.82, 2.24) is 20.1 Å². The first-order valence-electron chi connectivity index (χ1n) is 5.95. The quantitative estimate of drug-likeness (QED) is 0.886. The van der Waals surface area contributed by atoms with E-state index in [1.807, 2.05) is 4.68 Å². The summed E-state index contributed by atoms with van der Waals surface area (Å²) in [6.45, 7) is 6.90. The van der Waals surface area contributed by atoms with Gasteiger partial charge in [-0.3, -0.25) is 0 Å². The van der Waals surface area contributed by atoms with E-state index in [0.717, 1.165) is 29.9 Å². The van der Waals surface area contributed by atoms with E-state index in [0.29, 0.717) is 5.92 Å². The standard InChI is InChI=1S/C12H17BrN4S/c1-9(2)6-17-12(15-8-16-17)5-14-4-11-3-10(13)7-18-11/h3,7-9,14H,4-6H2,1-2H3. The topological polar surface area (TPSA) is 42.7 Å². The highest BCUT2D eigenvalue weighted by Gasteiger charge is 2.06. The Labute approximate surface area is 120 Å². The second-order valence-corrected chi connectivity index (χ2v) is 6.50. The smallest absolute Gasteiger partial charge is 0.140 e. The minimum atomic E-state index is 0.582. The lowest BCUT2D eigenvalue weighted by atomic mass is 10.2. The molecule has 2 aromatic heterocycles. The Morgan fingerprint density at radius 1 is 1.44 bits per heavy atom. The molecule has 4 nitrogen and oxygen atoms in total. The molecule has 0 aromatic carbocycles. The van der Waals surface area contributed by atoms with Crippen molar-refractivity contribution in [1.29, 1.82) is 0 Å². The zero-order valence-corrected chi connectivity index (χ0v) is 13.0. The van der Waals surface area contributed by atoms with Crippen LogP contribution in [-0.2, 0) is 19.6 Å². The van der Waals surface area contributed by atoms with Crippen LogP contribution in [0.25, 0.3) is 0 Å². The molecule has 98 valence electrons. The van der Waals surface area contributed by atoms with Crippen LogP contribution in [0.1, 0.15) is 24.5 Å². The van der Waals surface area contributed by atoms with Gasteiger partial charge in [-0.2, -0.15) is 5.10 Å². The van der Waals surface area contributed by atoms with E-state index in [1.165, 1.54) is 4.88 Å². The van der Waals surface area contributed by atoms with Gasteiger partial charge in [0.25, 0.3) is 0 Å². The lowest BCUT2D eigenvalue weighted by Crippen LogP contribution is -2.18. The molecule has 0 saturated heterocycles. The maximum atomic E-state index is 4.29. The van der Waals surface area contributed by atoms with E-state index >= 15 is 0 Å². The molecule has 2 rings (SSSR count). The van der Waals surface area contributed by atoms with Gasteiger partial charge in [-0.1, -0.05) is 13.8 Å². The summed E-state index contributed by atoms with van der Waals surface area (Å²) in [7, 11) is 0. The van der Waals surface area contributed by atoms with E-state index in [4.69, 9.17) is 0 Å². The number of thiophene rings is 1. The molecule has 0 atom stereocenters. The maximum absolute atomic E-state index is 4.29. The molecule has 0 aliphatic carbocycles. The SMILES string of the molecule is CC(C)Cn1ncnc1CNCc1cc(Br)cs1. The highest BCUT2D eigenvalue weighted by molar-refractivity contribution is 9.10. The van der Waals surface area contributed by atoms with Crippen molar-refractivity contribution in [3.05, 3.63) is 32.9 Å². The summed E-state index contributed by atoms with van der Waals surface area (Å²) in [6.07, 6.45) is 1.63. The zero-order valence-electron chi connectivity index (χ0n) is 10.6. The van der Waals surface area contributed by atoms with E-state index < -0.39 is 0 Å². The number of hydrogen-bond acceptors (Lipinski definition) is 4. The molecule has 0 fully saturated rings. The molecule has 0 aliphatic heterocycles. The lowest BCUT2D eigenvalue weighted by molar-refractivity contribution is 0.458. The van der Waals surface area contributed by atoms with Crippen molar-refractivity contribution in [3.63, 3.8) is 0 Å². The van der Waals surface area contributed by atoms with Crippen LogP contribution in [0.5, 0.6) is 0 Å². The Morgan fingerprint density at radius 3 is 2.94 bits per heavy atom. The van der Waals surface area contributed by atoms with Crippen LogP contribution < -0.4 is 5.32 Å². The Kier molecular flexibility index (Phi) is 4.91. The fourth-order valence-electron chi connectivity index (χ4n) is 1.67. The number of hydrogen-bond donors (Lipinski definition) is 1. The van der Waals surface area contributed by atoms with Gasteiger partial charge in [0.1, 0.15) is 12.2 Å². The fourth-order valence-corrected chi connectivity index (χ4v) is 3.09. The van der Waals surface area contributed by atoms with Crippen LogP contribution in [0.3, 0.4) is 0 Å². The molecule has 2 aromatic rings. The molecule has 0 aliphatic rings. The van der Waals surface area contributed by atoms with Gasteiger partial charge < -0.3 is 5.32 Å². The van der Waals surface area contributed by atoms with Crippen LogP contribution in [-0.4, -0.2) is 14.8 Å². The third kappa shape index (κ3) is 3.90. The fraction of sp³-hybridized carbons (Fsp3) is 0.500. The van der Waals surface area contributed by atoms with Gasteiger partial charge in [0, 0.05) is 27.8 Å². The highest BCUT2D eigenvalue weighted by Crippen LogP contribution is 2.19. The first-order valence-corrected chi connectivity index (χ1v) is 7.62. The largest absolute Gasteiger partial charge is 0.305 e. The van der Waals surface area contributed by atoms with E-state index in [-0.39, 0.29) is 0 Å². The van der Waals surface area contributed by atoms with Crippen LogP contribution in [0, 0.1) is 5.92 Å². The van der Waals surface area contributed by atoms with E-state index in [2.05, 4.69) is 56.6 Å². The summed E-state index contributed by atoms with van der Waals surface area (Å²) < 4.78 is 3.12. The zero-order chi connectivity index (χ0) is 13.0. The molecule has 0 saturated carbocycles. The Bertz CT molecular complexity index is 492. The van der Waals surface area contributed by atoms with Crippen LogP contribution >= 0.6 is 27.3 Å². The first-order chi connectivity index (χ1) is 8.65. The molecule has 1 N–H and O–H groups in total. The first kappa shape index (κ1) is 13.7. The predicted molar refractivity (Wildman–Crippen MR) is 77.4 cm³/mol. The molecule has 6 heteroatoms. The predicted octanol–water partition coefficient (Wildman–Crippen LogP) is 3.05. The van der Waals surface area contributed by atoms with E-state index in [1.54, 1.807) is 17.7 Å². The van der Waals surface area contributed by atoms with Crippen LogP contribution in [0.4, 0.5) is 0 Å². The van der Waals surface area contributed by atoms with E-state index in [9.17, 15) is 0 Å². The normalized spacial score (nSPS) is 11.3. The van der Waals surface area contributed by atoms with Gasteiger partial charge in [-0.05, 0) is 27.9 Å². The van der Waals surface area contributed by atoms with Crippen molar-refractivity contribution in [2.75, 3.05) is 0 Å². The van der Waals surface area contributed by atoms with Gasteiger partial charge in [0.2, 0.25) is 0 Å². The van der Waals surface area contributed by atoms with Crippen molar-refractivity contribution in [2.45, 2.75) is 33.5 Å². The van der Waals surface area contributed by atoms with Crippen molar-refractivity contribution < 1.29 is 0 Å². The molecule has 0 spiro atoms. The van der Waals surface area contributed by atoms with Gasteiger partial charge in [-0.15, -0.1) is 11.3 Å². The average molecular weight is 329 g/mol. The molecule has 2 heterocycles. The second kappa shape index (κ2) is 6.45. The Morgan fingerprint density at radius 2 is 2.28 bits per heavy atom. The number of halogens is 1. The number of aromatic nitrogens is 3. The minimum Gasteiger partial charge on any atom is -0.305 e. The summed E-state index contributed by atoms with van der Waals surface area (Å²) in [6, 6.07) is 2.14. The summed E-state index contributed by atoms with van der Waals surface area (Å²) in [5.74, 6) is 1.58. The summed E-state index contributed by atoms with van der Waals surface area (Å²) in [4.78, 5) is 5.61. The summed E-state index contributed by atoms with van der Waals surface area (Å²) in [5.41, 5.74) is 0. The van der Waals surface area contributed by atoms with Gasteiger partial charge in [0.05, 0.1) is 6.54 Å². The third-order valence-electron chi connectivity index (χ3n) is 2.44. The number of nitrogens with zero attached hydrogens (tertiary/aromatic N) is 3. The molecule has 0 amide bonds. The Hall–Kier alpha value is -0.720. The van der Waals surface area contributed by atoms with Gasteiger partial charge in [0.15, 0.2) is 0 Å². The molecular weight excluding hydrogens is 312 g/mol. The lowest BCUT2D eigenvalue weighted by Gasteiger charge is -2.08. The third-order valence-corrected chi connectivity index (χ3v) is 4.14. The summed E-state index contributed by atoms with van der Waals surface area (Å²) in [5, 5.41) is 9.74. The van der Waals surface area contributed by atoms with Crippen LogP contribution in [0.15, 0.2) is 22.2 Å². The molecule has 18 heavy (non-hydrogen) atoms. The number of rotatable bonds is 6.